The van der Waals surface area contributed by atoms with Crippen molar-refractivity contribution in [1.82, 2.24) is 4.31 Å². The van der Waals surface area contributed by atoms with Crippen LogP contribution in [0, 0.1) is 5.82 Å². The first kappa shape index (κ1) is 15.7. The average molecular weight is 310 g/mol. The second kappa shape index (κ2) is 6.18. The number of halogens is 2. The molecule has 9 heteroatoms. The number of nitrogens with two attached hydrogens (primary N) is 1. The van der Waals surface area contributed by atoms with E-state index in [1.807, 2.05) is 0 Å². The van der Waals surface area contributed by atoms with E-state index in [0.717, 1.165) is 22.5 Å². The fourth-order valence-electron chi connectivity index (χ4n) is 1.39. The number of rotatable bonds is 5. The van der Waals surface area contributed by atoms with Gasteiger partial charge in [0.15, 0.2) is 5.84 Å². The number of sulfonamides is 1. The second-order valence-electron chi connectivity index (χ2n) is 3.60. The van der Waals surface area contributed by atoms with Crippen molar-refractivity contribution < 1.29 is 18.0 Å². The van der Waals surface area contributed by atoms with Crippen LogP contribution in [0.2, 0.25) is 5.02 Å². The van der Waals surface area contributed by atoms with E-state index < -0.39 is 15.8 Å². The number of benzene rings is 1. The molecule has 0 saturated carbocycles. The largest absolute Gasteiger partial charge is 0.409 e. The Morgan fingerprint density at radius 1 is 1.58 bits per heavy atom. The lowest BCUT2D eigenvalue weighted by Gasteiger charge is -2.20. The van der Waals surface area contributed by atoms with Gasteiger partial charge in [-0.3, -0.25) is 0 Å². The molecule has 106 valence electrons. The first-order valence-electron chi connectivity index (χ1n) is 5.24. The Bertz CT molecular complexity index is 592. The van der Waals surface area contributed by atoms with Gasteiger partial charge >= 0.3 is 0 Å². The summed E-state index contributed by atoms with van der Waals surface area (Å²) < 4.78 is 38.6. The first-order chi connectivity index (χ1) is 8.82. The van der Waals surface area contributed by atoms with Gasteiger partial charge in [0, 0.05) is 6.54 Å². The molecule has 0 radical (unpaired) electrons. The van der Waals surface area contributed by atoms with Crippen LogP contribution in [0.1, 0.15) is 6.92 Å². The maximum atomic E-state index is 13.1. The number of likely N-dealkylation sites (N-methyl/N-ethyl adjacent to an activating group) is 1. The second-order valence-corrected chi connectivity index (χ2v) is 5.91. The van der Waals surface area contributed by atoms with Crippen LogP contribution >= 0.6 is 11.6 Å². The molecule has 0 aliphatic carbocycles. The van der Waals surface area contributed by atoms with Gasteiger partial charge in [-0.25, -0.2) is 12.8 Å². The van der Waals surface area contributed by atoms with E-state index in [-0.39, 0.29) is 28.8 Å². The molecule has 0 aliphatic heterocycles. The van der Waals surface area contributed by atoms with Crippen LogP contribution in [-0.4, -0.2) is 36.9 Å². The standard InChI is InChI=1S/C10H13ClFN3O3S/c1-2-15(6-10(13)14-16)19(17,18)9-5-7(12)3-4-8(9)11/h3-5,16H,2,6H2,1H3,(H2,13,14). The summed E-state index contributed by atoms with van der Waals surface area (Å²) in [5, 5.41) is 11.1. The molecule has 0 heterocycles. The Labute approximate surface area is 115 Å². The third-order valence-corrected chi connectivity index (χ3v) is 4.73. The topological polar surface area (TPSA) is 96.0 Å². The van der Waals surface area contributed by atoms with E-state index in [4.69, 9.17) is 22.5 Å². The van der Waals surface area contributed by atoms with Gasteiger partial charge in [-0.2, -0.15) is 4.31 Å². The van der Waals surface area contributed by atoms with Crippen molar-refractivity contribution in [1.29, 1.82) is 0 Å². The highest BCUT2D eigenvalue weighted by Crippen LogP contribution is 2.25. The van der Waals surface area contributed by atoms with Gasteiger partial charge in [0.05, 0.1) is 11.6 Å². The van der Waals surface area contributed by atoms with E-state index in [0.29, 0.717) is 0 Å². The molecule has 1 rings (SSSR count). The SMILES string of the molecule is CCN(C/C(N)=N/O)S(=O)(=O)c1cc(F)ccc1Cl. The summed E-state index contributed by atoms with van der Waals surface area (Å²) in [6, 6.07) is 3.04. The maximum absolute atomic E-state index is 13.1. The Morgan fingerprint density at radius 3 is 2.74 bits per heavy atom. The minimum absolute atomic E-state index is 0.0609. The van der Waals surface area contributed by atoms with Crippen molar-refractivity contribution in [3.63, 3.8) is 0 Å². The van der Waals surface area contributed by atoms with Gasteiger partial charge in [-0.1, -0.05) is 23.7 Å². The predicted molar refractivity (Wildman–Crippen MR) is 69.3 cm³/mol. The van der Waals surface area contributed by atoms with E-state index in [1.165, 1.54) is 0 Å². The lowest BCUT2D eigenvalue weighted by atomic mass is 10.3. The monoisotopic (exact) mass is 309 g/mol. The van der Waals surface area contributed by atoms with E-state index in [2.05, 4.69) is 5.16 Å². The normalized spacial score (nSPS) is 12.9. The summed E-state index contributed by atoms with van der Waals surface area (Å²) in [4.78, 5) is -0.359. The third-order valence-electron chi connectivity index (χ3n) is 2.33. The predicted octanol–water partition coefficient (Wildman–Crippen LogP) is 1.24. The quantitative estimate of drug-likeness (QED) is 0.370. The Balaban J connectivity index is 3.24. The van der Waals surface area contributed by atoms with Gasteiger partial charge in [-0.05, 0) is 18.2 Å². The van der Waals surface area contributed by atoms with Crippen LogP contribution in [0.15, 0.2) is 28.3 Å². The number of oxime groups is 1. The molecular formula is C10H13ClFN3O3S. The Morgan fingerprint density at radius 2 is 2.21 bits per heavy atom. The molecule has 3 N–H and O–H groups in total. The minimum atomic E-state index is -4.02. The zero-order chi connectivity index (χ0) is 14.6. The number of hydrogen-bond acceptors (Lipinski definition) is 4. The molecule has 0 aliphatic rings. The van der Waals surface area contributed by atoms with Gasteiger partial charge in [-0.15, -0.1) is 0 Å². The molecule has 0 spiro atoms. The maximum Gasteiger partial charge on any atom is 0.245 e. The molecule has 0 bridgehead atoms. The molecule has 0 fully saturated rings. The molecule has 1 aromatic rings. The minimum Gasteiger partial charge on any atom is -0.409 e. The third kappa shape index (κ3) is 3.55. The van der Waals surface area contributed by atoms with Crippen LogP contribution in [-0.2, 0) is 10.0 Å². The zero-order valence-corrected chi connectivity index (χ0v) is 11.6. The van der Waals surface area contributed by atoms with Crippen molar-refractivity contribution in [2.75, 3.05) is 13.1 Å². The van der Waals surface area contributed by atoms with E-state index in [1.54, 1.807) is 6.92 Å². The summed E-state index contributed by atoms with van der Waals surface area (Å²) >= 11 is 5.77. The fourth-order valence-corrected chi connectivity index (χ4v) is 3.30. The number of nitrogens with zero attached hydrogens (tertiary/aromatic N) is 2. The highest BCUT2D eigenvalue weighted by molar-refractivity contribution is 7.89. The molecule has 0 amide bonds. The molecule has 0 unspecified atom stereocenters. The van der Waals surface area contributed by atoms with Gasteiger partial charge in [0.1, 0.15) is 10.7 Å². The van der Waals surface area contributed by atoms with Gasteiger partial charge in [0.2, 0.25) is 10.0 Å². The smallest absolute Gasteiger partial charge is 0.245 e. The van der Waals surface area contributed by atoms with Crippen LogP contribution < -0.4 is 5.73 Å². The molecule has 6 nitrogen and oxygen atoms in total. The van der Waals surface area contributed by atoms with Crippen LogP contribution in [0.3, 0.4) is 0 Å². The first-order valence-corrected chi connectivity index (χ1v) is 7.06. The lowest BCUT2D eigenvalue weighted by molar-refractivity contribution is 0.315. The molecule has 19 heavy (non-hydrogen) atoms. The summed E-state index contributed by atoms with van der Waals surface area (Å²) in [5.74, 6) is -0.999. The van der Waals surface area contributed by atoms with E-state index >= 15 is 0 Å². The van der Waals surface area contributed by atoms with E-state index in [9.17, 15) is 12.8 Å². The van der Waals surface area contributed by atoms with Crippen molar-refractivity contribution in [2.24, 2.45) is 10.9 Å². The van der Waals surface area contributed by atoms with Crippen molar-refractivity contribution >= 4 is 27.5 Å². The molecule has 0 atom stereocenters. The molecular weight excluding hydrogens is 297 g/mol. The van der Waals surface area contributed by atoms with Crippen molar-refractivity contribution in [3.8, 4) is 0 Å². The molecule has 0 saturated heterocycles. The molecule has 0 aromatic heterocycles. The summed E-state index contributed by atoms with van der Waals surface area (Å²) in [6.45, 7) is 1.31. The summed E-state index contributed by atoms with van der Waals surface area (Å²) in [7, 11) is -4.02. The van der Waals surface area contributed by atoms with Crippen LogP contribution in [0.25, 0.3) is 0 Å². The van der Waals surface area contributed by atoms with Gasteiger partial charge in [0.25, 0.3) is 0 Å². The average Bonchev–Trinajstić information content (AvgIpc) is 2.37. The van der Waals surface area contributed by atoms with Crippen molar-refractivity contribution in [3.05, 3.63) is 29.0 Å². The lowest BCUT2D eigenvalue weighted by Crippen LogP contribution is -2.38. The highest BCUT2D eigenvalue weighted by Gasteiger charge is 2.26. The number of amidine groups is 1. The summed E-state index contributed by atoms with van der Waals surface area (Å²) in [6.07, 6.45) is 0. The van der Waals surface area contributed by atoms with Crippen LogP contribution in [0.5, 0.6) is 0 Å². The summed E-state index contributed by atoms with van der Waals surface area (Å²) in [5.41, 5.74) is 5.28. The fraction of sp³-hybridized carbons (Fsp3) is 0.300. The van der Waals surface area contributed by atoms with Crippen molar-refractivity contribution in [2.45, 2.75) is 11.8 Å². The zero-order valence-electron chi connectivity index (χ0n) is 10.0. The Hall–Kier alpha value is -1.38. The van der Waals surface area contributed by atoms with Gasteiger partial charge < -0.3 is 10.9 Å². The van der Waals surface area contributed by atoms with Crippen LogP contribution in [0.4, 0.5) is 4.39 Å². The molecule has 1 aromatic carbocycles. The number of hydrogen-bond donors (Lipinski definition) is 2. The highest BCUT2D eigenvalue weighted by atomic mass is 35.5. The Kier molecular flexibility index (Phi) is 5.10.